The first-order valence-corrected chi connectivity index (χ1v) is 12.6. The van der Waals surface area contributed by atoms with E-state index in [0.29, 0.717) is 0 Å². The van der Waals surface area contributed by atoms with Crippen LogP contribution in [0.3, 0.4) is 0 Å². The van der Waals surface area contributed by atoms with Crippen LogP contribution in [-0.4, -0.2) is 51.6 Å². The van der Waals surface area contributed by atoms with Crippen LogP contribution >= 0.6 is 0 Å². The summed E-state index contributed by atoms with van der Waals surface area (Å²) in [5, 5.41) is 1.83. The molecule has 158 valence electrons. The van der Waals surface area contributed by atoms with Gasteiger partial charge in [-0.15, -0.1) is 0 Å². The standard InChI is InChI=1S/C22H24N2O4S2/c1-17-7-9-21(15-18(17)2)29(25,26)23-11-13-24(14-12-23)30(27,28)22-10-8-19-5-3-4-6-20(19)16-22/h3-10,15-16H,11-14H2,1-2H3. The predicted octanol–water partition coefficient (Wildman–Crippen LogP) is 3.15. The van der Waals surface area contributed by atoms with E-state index >= 15 is 0 Å². The molecule has 0 atom stereocenters. The first-order chi connectivity index (χ1) is 14.2. The zero-order chi connectivity index (χ0) is 21.5. The van der Waals surface area contributed by atoms with Crippen molar-refractivity contribution in [3.63, 3.8) is 0 Å². The Kier molecular flexibility index (Phi) is 5.44. The number of piperazine rings is 1. The molecular weight excluding hydrogens is 420 g/mol. The maximum atomic E-state index is 13.1. The second kappa shape index (κ2) is 7.77. The number of sulfonamides is 2. The van der Waals surface area contributed by atoms with Crippen LogP contribution in [0.15, 0.2) is 70.5 Å². The first kappa shape index (κ1) is 21.0. The minimum atomic E-state index is -3.69. The van der Waals surface area contributed by atoms with E-state index in [1.807, 2.05) is 38.1 Å². The fraction of sp³-hybridized carbons (Fsp3) is 0.273. The summed E-state index contributed by atoms with van der Waals surface area (Å²) in [7, 11) is -7.34. The minimum Gasteiger partial charge on any atom is -0.207 e. The van der Waals surface area contributed by atoms with Crippen molar-refractivity contribution in [3.8, 4) is 0 Å². The van der Waals surface area contributed by atoms with Gasteiger partial charge in [0.25, 0.3) is 0 Å². The number of aryl methyl sites for hydroxylation is 2. The van der Waals surface area contributed by atoms with E-state index in [2.05, 4.69) is 0 Å². The molecule has 1 aliphatic rings. The van der Waals surface area contributed by atoms with E-state index in [-0.39, 0.29) is 36.0 Å². The average molecular weight is 445 g/mol. The molecule has 1 fully saturated rings. The molecule has 1 saturated heterocycles. The Hall–Kier alpha value is -2.26. The van der Waals surface area contributed by atoms with Gasteiger partial charge >= 0.3 is 0 Å². The fourth-order valence-corrected chi connectivity index (χ4v) is 6.62. The number of fused-ring (bicyclic) bond motifs is 1. The van der Waals surface area contributed by atoms with Crippen LogP contribution in [0.4, 0.5) is 0 Å². The molecule has 0 bridgehead atoms. The second-order valence-electron chi connectivity index (χ2n) is 7.56. The quantitative estimate of drug-likeness (QED) is 0.620. The third kappa shape index (κ3) is 3.76. The van der Waals surface area contributed by atoms with Crippen LogP contribution in [0.5, 0.6) is 0 Å². The lowest BCUT2D eigenvalue weighted by atomic mass is 10.1. The number of hydrogen-bond acceptors (Lipinski definition) is 4. The van der Waals surface area contributed by atoms with Crippen LogP contribution in [0, 0.1) is 13.8 Å². The molecule has 3 aromatic rings. The molecule has 0 radical (unpaired) electrons. The van der Waals surface area contributed by atoms with Crippen LogP contribution in [-0.2, 0) is 20.0 Å². The Morgan fingerprint density at radius 1 is 0.600 bits per heavy atom. The van der Waals surface area contributed by atoms with Crippen LogP contribution in [0.2, 0.25) is 0 Å². The van der Waals surface area contributed by atoms with Crippen molar-refractivity contribution in [2.24, 2.45) is 0 Å². The molecule has 0 aliphatic carbocycles. The summed E-state index contributed by atoms with van der Waals surface area (Å²) < 4.78 is 54.9. The number of hydrogen-bond donors (Lipinski definition) is 0. The normalized spacial score (nSPS) is 16.7. The van der Waals surface area contributed by atoms with Gasteiger partial charge < -0.3 is 0 Å². The van der Waals surface area contributed by atoms with Gasteiger partial charge in [0.2, 0.25) is 20.0 Å². The summed E-state index contributed by atoms with van der Waals surface area (Å²) >= 11 is 0. The minimum absolute atomic E-state index is 0.124. The SMILES string of the molecule is Cc1ccc(S(=O)(=O)N2CCN(S(=O)(=O)c3ccc4ccccc4c3)CC2)cc1C. The Labute approximate surface area is 177 Å². The Morgan fingerprint density at radius 2 is 1.10 bits per heavy atom. The molecule has 1 heterocycles. The third-order valence-electron chi connectivity index (χ3n) is 5.67. The van der Waals surface area contributed by atoms with Crippen molar-refractivity contribution >= 4 is 30.8 Å². The Morgan fingerprint density at radius 3 is 1.67 bits per heavy atom. The molecule has 30 heavy (non-hydrogen) atoms. The highest BCUT2D eigenvalue weighted by Crippen LogP contribution is 2.25. The molecule has 0 N–H and O–H groups in total. The average Bonchev–Trinajstić information content (AvgIpc) is 2.75. The van der Waals surface area contributed by atoms with E-state index in [0.717, 1.165) is 21.9 Å². The van der Waals surface area contributed by atoms with Crippen LogP contribution in [0.1, 0.15) is 11.1 Å². The Balaban J connectivity index is 1.53. The zero-order valence-corrected chi connectivity index (χ0v) is 18.6. The maximum absolute atomic E-state index is 13.1. The van der Waals surface area contributed by atoms with Crippen molar-refractivity contribution < 1.29 is 16.8 Å². The van der Waals surface area contributed by atoms with Crippen molar-refractivity contribution in [2.75, 3.05) is 26.2 Å². The van der Waals surface area contributed by atoms with Crippen LogP contribution < -0.4 is 0 Å². The van der Waals surface area contributed by atoms with Gasteiger partial charge in [0.15, 0.2) is 0 Å². The largest absolute Gasteiger partial charge is 0.243 e. The molecule has 6 nitrogen and oxygen atoms in total. The van der Waals surface area contributed by atoms with Crippen molar-refractivity contribution in [2.45, 2.75) is 23.6 Å². The molecule has 1 aliphatic heterocycles. The highest BCUT2D eigenvalue weighted by molar-refractivity contribution is 7.89. The molecule has 4 rings (SSSR count). The summed E-state index contributed by atoms with van der Waals surface area (Å²) in [4.78, 5) is 0.475. The van der Waals surface area contributed by atoms with Crippen molar-refractivity contribution in [1.82, 2.24) is 8.61 Å². The molecule has 0 amide bonds. The lowest BCUT2D eigenvalue weighted by Crippen LogP contribution is -2.50. The van der Waals surface area contributed by atoms with Gasteiger partial charge in [0.1, 0.15) is 0 Å². The van der Waals surface area contributed by atoms with Crippen molar-refractivity contribution in [1.29, 1.82) is 0 Å². The van der Waals surface area contributed by atoms with E-state index < -0.39 is 20.0 Å². The lowest BCUT2D eigenvalue weighted by Gasteiger charge is -2.33. The van der Waals surface area contributed by atoms with E-state index in [9.17, 15) is 16.8 Å². The lowest BCUT2D eigenvalue weighted by molar-refractivity contribution is 0.273. The summed E-state index contributed by atoms with van der Waals surface area (Å²) in [5.74, 6) is 0. The fourth-order valence-electron chi connectivity index (χ4n) is 3.65. The zero-order valence-electron chi connectivity index (χ0n) is 16.9. The molecular formula is C22H24N2O4S2. The van der Waals surface area contributed by atoms with E-state index in [1.165, 1.54) is 8.61 Å². The molecule has 0 spiro atoms. The van der Waals surface area contributed by atoms with Gasteiger partial charge in [-0.1, -0.05) is 36.4 Å². The monoisotopic (exact) mass is 444 g/mol. The smallest absolute Gasteiger partial charge is 0.207 e. The van der Waals surface area contributed by atoms with Crippen molar-refractivity contribution in [3.05, 3.63) is 71.8 Å². The van der Waals surface area contributed by atoms with Gasteiger partial charge in [-0.05, 0) is 60.0 Å². The summed E-state index contributed by atoms with van der Waals surface area (Å²) in [6.07, 6.45) is 0. The highest BCUT2D eigenvalue weighted by Gasteiger charge is 2.33. The van der Waals surface area contributed by atoms with Gasteiger partial charge in [-0.2, -0.15) is 8.61 Å². The van der Waals surface area contributed by atoms with Gasteiger partial charge in [0, 0.05) is 26.2 Å². The number of benzene rings is 3. The van der Waals surface area contributed by atoms with Gasteiger partial charge in [0.05, 0.1) is 9.79 Å². The van der Waals surface area contributed by atoms with E-state index in [1.54, 1.807) is 36.4 Å². The highest BCUT2D eigenvalue weighted by atomic mass is 32.2. The summed E-state index contributed by atoms with van der Waals surface area (Å²) in [6, 6.07) is 17.7. The number of rotatable bonds is 4. The van der Waals surface area contributed by atoms with Gasteiger partial charge in [-0.25, -0.2) is 16.8 Å². The molecule has 3 aromatic carbocycles. The second-order valence-corrected chi connectivity index (χ2v) is 11.4. The maximum Gasteiger partial charge on any atom is 0.243 e. The molecule has 0 aromatic heterocycles. The van der Waals surface area contributed by atoms with Gasteiger partial charge in [-0.3, -0.25) is 0 Å². The topological polar surface area (TPSA) is 74.8 Å². The molecule has 0 unspecified atom stereocenters. The third-order valence-corrected chi connectivity index (χ3v) is 9.46. The summed E-state index contributed by atoms with van der Waals surface area (Å²) in [6.45, 7) is 4.31. The molecule has 8 heteroatoms. The van der Waals surface area contributed by atoms with E-state index in [4.69, 9.17) is 0 Å². The first-order valence-electron chi connectivity index (χ1n) is 9.76. The molecule has 0 saturated carbocycles. The Bertz CT molecular complexity index is 1310. The van der Waals surface area contributed by atoms with Crippen LogP contribution in [0.25, 0.3) is 10.8 Å². The summed E-state index contributed by atoms with van der Waals surface area (Å²) in [5.41, 5.74) is 1.94. The predicted molar refractivity (Wildman–Crippen MR) is 117 cm³/mol. The number of nitrogens with zero attached hydrogens (tertiary/aromatic N) is 2.